The molecule has 3 heterocycles. The molecule has 5 rings (SSSR count). The summed E-state index contributed by atoms with van der Waals surface area (Å²) in [6.45, 7) is 0.697. The van der Waals surface area contributed by atoms with E-state index in [4.69, 9.17) is 14.2 Å². The smallest absolute Gasteiger partial charge is 0.157 e. The van der Waals surface area contributed by atoms with Gasteiger partial charge in [0.25, 0.3) is 0 Å². The molecule has 4 heteroatoms. The minimum Gasteiger partial charge on any atom is -0.375 e. The highest BCUT2D eigenvalue weighted by molar-refractivity contribution is 4.93. The number of epoxide rings is 1. The highest BCUT2D eigenvalue weighted by Gasteiger charge is 2.46. The lowest BCUT2D eigenvalue weighted by Crippen LogP contribution is -2.46. The Kier molecular flexibility index (Phi) is 2.87. The van der Waals surface area contributed by atoms with E-state index >= 15 is 0 Å². The van der Waals surface area contributed by atoms with Crippen LogP contribution in [0.1, 0.15) is 38.5 Å². The van der Waals surface area contributed by atoms with E-state index in [9.17, 15) is 5.11 Å². The van der Waals surface area contributed by atoms with E-state index < -0.39 is 6.29 Å². The number of fused-ring (bicyclic) bond motifs is 3. The molecule has 1 N–H and O–H groups in total. The van der Waals surface area contributed by atoms with E-state index in [2.05, 4.69) is 0 Å². The zero-order chi connectivity index (χ0) is 12.1. The maximum atomic E-state index is 10.1. The molecule has 6 atom stereocenters. The predicted molar refractivity (Wildman–Crippen MR) is 64.0 cm³/mol. The van der Waals surface area contributed by atoms with Gasteiger partial charge in [0.2, 0.25) is 0 Å². The van der Waals surface area contributed by atoms with Crippen molar-refractivity contribution in [1.29, 1.82) is 0 Å². The number of hydrogen-bond donors (Lipinski definition) is 1. The predicted octanol–water partition coefficient (Wildman–Crippen LogP) is 1.46. The van der Waals surface area contributed by atoms with E-state index in [-0.39, 0.29) is 5.92 Å². The fourth-order valence-corrected chi connectivity index (χ4v) is 3.90. The highest BCUT2D eigenvalue weighted by Crippen LogP contribution is 2.41. The summed E-state index contributed by atoms with van der Waals surface area (Å²) in [6, 6.07) is 0. The minimum absolute atomic E-state index is 0.281. The van der Waals surface area contributed by atoms with Crippen molar-refractivity contribution in [2.75, 3.05) is 6.61 Å². The van der Waals surface area contributed by atoms with Crippen LogP contribution in [-0.2, 0) is 14.2 Å². The third-order valence-electron chi connectivity index (χ3n) is 5.05. The molecule has 3 saturated heterocycles. The fourth-order valence-electron chi connectivity index (χ4n) is 3.90. The van der Waals surface area contributed by atoms with Crippen LogP contribution in [0.5, 0.6) is 0 Å². The van der Waals surface area contributed by atoms with Crippen LogP contribution in [0.4, 0.5) is 0 Å². The summed E-state index contributed by atoms with van der Waals surface area (Å²) in [7, 11) is 0. The number of hydrogen-bond acceptors (Lipinski definition) is 4. The van der Waals surface area contributed by atoms with Crippen LogP contribution >= 0.6 is 0 Å². The van der Waals surface area contributed by atoms with Crippen LogP contribution in [0, 0.1) is 11.8 Å². The van der Waals surface area contributed by atoms with Crippen molar-refractivity contribution >= 4 is 0 Å². The third-order valence-corrected chi connectivity index (χ3v) is 5.05. The van der Waals surface area contributed by atoms with Gasteiger partial charge in [-0.2, -0.15) is 0 Å². The molecular weight excluding hydrogens is 232 g/mol. The number of rotatable bonds is 4. The summed E-state index contributed by atoms with van der Waals surface area (Å²) in [6.07, 6.45) is 7.85. The van der Waals surface area contributed by atoms with Crippen molar-refractivity contribution in [2.45, 2.75) is 69.2 Å². The maximum absolute atomic E-state index is 10.1. The Bertz CT molecular complexity index is 305. The van der Waals surface area contributed by atoms with Gasteiger partial charge in [0.15, 0.2) is 6.29 Å². The second-order valence-electron chi connectivity index (χ2n) is 6.46. The Morgan fingerprint density at radius 1 is 1.00 bits per heavy atom. The van der Waals surface area contributed by atoms with Gasteiger partial charge in [-0.3, -0.25) is 0 Å². The molecule has 4 nitrogen and oxygen atoms in total. The monoisotopic (exact) mass is 254 g/mol. The zero-order valence-corrected chi connectivity index (χ0v) is 10.7. The highest BCUT2D eigenvalue weighted by atomic mass is 16.6. The van der Waals surface area contributed by atoms with Crippen LogP contribution in [0.15, 0.2) is 0 Å². The van der Waals surface area contributed by atoms with Gasteiger partial charge < -0.3 is 19.3 Å². The maximum Gasteiger partial charge on any atom is 0.157 e. The molecule has 0 amide bonds. The molecule has 0 aromatic heterocycles. The van der Waals surface area contributed by atoms with Crippen LogP contribution in [0.2, 0.25) is 0 Å². The van der Waals surface area contributed by atoms with E-state index in [1.54, 1.807) is 0 Å². The topological polar surface area (TPSA) is 51.2 Å². The average molecular weight is 254 g/mol. The molecule has 18 heavy (non-hydrogen) atoms. The molecule has 6 unspecified atom stereocenters. The van der Waals surface area contributed by atoms with Crippen LogP contribution in [-0.4, -0.2) is 42.4 Å². The average Bonchev–Trinajstić information content (AvgIpc) is 3.13. The third kappa shape index (κ3) is 2.20. The molecule has 5 aliphatic rings. The van der Waals surface area contributed by atoms with Crippen molar-refractivity contribution in [3.63, 3.8) is 0 Å². The van der Waals surface area contributed by atoms with Gasteiger partial charge in [-0.1, -0.05) is 0 Å². The Balaban J connectivity index is 1.22. The van der Waals surface area contributed by atoms with Gasteiger partial charge in [0, 0.05) is 5.92 Å². The lowest BCUT2D eigenvalue weighted by Gasteiger charge is -2.45. The summed E-state index contributed by atoms with van der Waals surface area (Å²) in [4.78, 5) is 0. The number of ether oxygens (including phenoxy) is 3. The first-order valence-corrected chi connectivity index (χ1v) is 7.38. The van der Waals surface area contributed by atoms with Crippen molar-refractivity contribution < 1.29 is 19.3 Å². The van der Waals surface area contributed by atoms with Crippen molar-refractivity contribution in [3.8, 4) is 0 Å². The lowest BCUT2D eigenvalue weighted by atomic mass is 9.81. The SMILES string of the molecule is OC(OCC1CC2CC(C1)O2)C1CCC2OC2C1. The van der Waals surface area contributed by atoms with Gasteiger partial charge in [0.1, 0.15) is 0 Å². The Hall–Kier alpha value is -0.160. The Morgan fingerprint density at radius 2 is 1.78 bits per heavy atom. The molecule has 2 saturated carbocycles. The molecule has 5 fully saturated rings. The molecule has 0 aromatic carbocycles. The number of aliphatic hydroxyl groups excluding tert-OH is 1. The summed E-state index contributed by atoms with van der Waals surface area (Å²) < 4.78 is 16.8. The second-order valence-corrected chi connectivity index (χ2v) is 6.46. The second kappa shape index (κ2) is 4.44. The normalized spacial score (nSPS) is 51.2. The summed E-state index contributed by atoms with van der Waals surface area (Å²) in [5, 5.41) is 10.1. The van der Waals surface area contributed by atoms with Gasteiger partial charge in [0.05, 0.1) is 31.0 Å². The van der Waals surface area contributed by atoms with E-state index in [0.29, 0.717) is 36.9 Å². The van der Waals surface area contributed by atoms with Crippen molar-refractivity contribution in [1.82, 2.24) is 0 Å². The summed E-state index contributed by atoms with van der Waals surface area (Å²) in [5.41, 5.74) is 0. The molecule has 0 spiro atoms. The quantitative estimate of drug-likeness (QED) is 0.609. The summed E-state index contributed by atoms with van der Waals surface area (Å²) >= 11 is 0. The molecule has 2 bridgehead atoms. The Labute approximate surface area is 108 Å². The van der Waals surface area contributed by atoms with Crippen LogP contribution in [0.3, 0.4) is 0 Å². The Morgan fingerprint density at radius 3 is 2.50 bits per heavy atom. The fraction of sp³-hybridized carbons (Fsp3) is 1.00. The molecule has 0 aromatic rings. The van der Waals surface area contributed by atoms with Gasteiger partial charge in [-0.05, 0) is 44.4 Å². The standard InChI is InChI=1S/C14H22O4/c15-14(9-1-2-12-13(5-9)18-12)16-7-8-3-10-6-11(4-8)17-10/h8-15H,1-7H2. The first kappa shape index (κ1) is 11.6. The van der Waals surface area contributed by atoms with Crippen LogP contribution in [0.25, 0.3) is 0 Å². The lowest BCUT2D eigenvalue weighted by molar-refractivity contribution is -0.199. The number of aliphatic hydroxyl groups is 1. The van der Waals surface area contributed by atoms with Crippen LogP contribution < -0.4 is 0 Å². The summed E-state index contributed by atoms with van der Waals surface area (Å²) in [5.74, 6) is 0.869. The van der Waals surface area contributed by atoms with E-state index in [0.717, 1.165) is 32.1 Å². The first-order valence-electron chi connectivity index (χ1n) is 7.38. The molecule has 0 radical (unpaired) electrons. The van der Waals surface area contributed by atoms with Gasteiger partial charge in [-0.25, -0.2) is 0 Å². The van der Waals surface area contributed by atoms with Gasteiger partial charge in [-0.15, -0.1) is 0 Å². The molecule has 2 aliphatic carbocycles. The van der Waals surface area contributed by atoms with Crippen molar-refractivity contribution in [2.24, 2.45) is 11.8 Å². The molecule has 102 valence electrons. The largest absolute Gasteiger partial charge is 0.375 e. The van der Waals surface area contributed by atoms with Crippen molar-refractivity contribution in [3.05, 3.63) is 0 Å². The molecular formula is C14H22O4. The first-order chi connectivity index (χ1) is 8.78. The minimum atomic E-state index is -0.589. The zero-order valence-electron chi connectivity index (χ0n) is 10.7. The van der Waals surface area contributed by atoms with E-state index in [1.807, 2.05) is 0 Å². The van der Waals surface area contributed by atoms with Gasteiger partial charge >= 0.3 is 0 Å². The van der Waals surface area contributed by atoms with E-state index in [1.165, 1.54) is 6.42 Å². The molecule has 3 aliphatic heterocycles.